The highest BCUT2D eigenvalue weighted by atomic mass is 127. The Labute approximate surface area is 186 Å². The molecule has 2 heterocycles. The Morgan fingerprint density at radius 1 is 1.25 bits per heavy atom. The number of halogens is 1. The SMILES string of the molecule is CCNC(=NCCOCCS(C)(=O)=O)N1CCC(OCC2CCCO2)CC1.I. The van der Waals surface area contributed by atoms with Crippen molar-refractivity contribution in [2.24, 2.45) is 4.99 Å². The van der Waals surface area contributed by atoms with Gasteiger partial charge < -0.3 is 24.4 Å². The van der Waals surface area contributed by atoms with Crippen LogP contribution in [-0.2, 0) is 24.0 Å². The molecule has 1 unspecified atom stereocenters. The number of guanidine groups is 1. The molecule has 0 aliphatic carbocycles. The second-order valence-corrected chi connectivity index (χ2v) is 9.39. The molecule has 2 fully saturated rings. The van der Waals surface area contributed by atoms with E-state index in [1.807, 2.05) is 0 Å². The van der Waals surface area contributed by atoms with Crippen LogP contribution in [0.1, 0.15) is 32.6 Å². The van der Waals surface area contributed by atoms with Crippen LogP contribution in [0.5, 0.6) is 0 Å². The maximum Gasteiger partial charge on any atom is 0.193 e. The Bertz CT molecular complexity index is 547. The molecular weight excluding hydrogens is 497 g/mol. The van der Waals surface area contributed by atoms with Gasteiger partial charge in [-0.2, -0.15) is 0 Å². The zero-order valence-corrected chi connectivity index (χ0v) is 20.2. The van der Waals surface area contributed by atoms with Crippen molar-refractivity contribution in [3.05, 3.63) is 0 Å². The number of rotatable bonds is 10. The standard InChI is InChI=1S/C18H35N3O5S.HI/c1-3-19-18(20-8-12-24-13-14-27(2,22)23)21-9-6-16(7-10-21)26-15-17-5-4-11-25-17;/h16-17H,3-15H2,1-2H3,(H,19,20);1H. The fraction of sp³-hybridized carbons (Fsp3) is 0.944. The van der Waals surface area contributed by atoms with Gasteiger partial charge in [0.15, 0.2) is 5.96 Å². The number of aliphatic imine (C=N–C) groups is 1. The van der Waals surface area contributed by atoms with E-state index in [0.29, 0.717) is 25.9 Å². The van der Waals surface area contributed by atoms with Gasteiger partial charge in [0.25, 0.3) is 0 Å². The van der Waals surface area contributed by atoms with Crippen molar-refractivity contribution in [1.29, 1.82) is 0 Å². The average molecular weight is 533 g/mol. The molecule has 2 aliphatic rings. The topological polar surface area (TPSA) is 89.5 Å². The lowest BCUT2D eigenvalue weighted by Gasteiger charge is -2.34. The first-order chi connectivity index (χ1) is 13.0. The highest BCUT2D eigenvalue weighted by Crippen LogP contribution is 2.17. The maximum atomic E-state index is 11.1. The number of piperidine rings is 1. The summed E-state index contributed by atoms with van der Waals surface area (Å²) in [5.74, 6) is 0.942. The summed E-state index contributed by atoms with van der Waals surface area (Å²) in [6.45, 7) is 7.43. The average Bonchev–Trinajstić information content (AvgIpc) is 3.15. The lowest BCUT2D eigenvalue weighted by Crippen LogP contribution is -2.47. The minimum absolute atomic E-state index is 0. The molecule has 28 heavy (non-hydrogen) atoms. The van der Waals surface area contributed by atoms with Crippen LogP contribution in [0.4, 0.5) is 0 Å². The molecule has 0 saturated carbocycles. The van der Waals surface area contributed by atoms with Crippen LogP contribution >= 0.6 is 24.0 Å². The molecule has 1 atom stereocenters. The number of hydrogen-bond donors (Lipinski definition) is 1. The molecule has 0 spiro atoms. The molecule has 166 valence electrons. The monoisotopic (exact) mass is 533 g/mol. The van der Waals surface area contributed by atoms with Gasteiger partial charge in [0.05, 0.1) is 44.3 Å². The van der Waals surface area contributed by atoms with Crippen LogP contribution in [0, 0.1) is 0 Å². The summed E-state index contributed by atoms with van der Waals surface area (Å²) in [6.07, 6.45) is 6.03. The summed E-state index contributed by atoms with van der Waals surface area (Å²) in [5, 5.41) is 3.32. The summed E-state index contributed by atoms with van der Waals surface area (Å²) in [6, 6.07) is 0. The maximum absolute atomic E-state index is 11.1. The van der Waals surface area contributed by atoms with Gasteiger partial charge in [0, 0.05) is 32.5 Å². The minimum Gasteiger partial charge on any atom is -0.378 e. The number of nitrogens with one attached hydrogen (secondary N) is 1. The van der Waals surface area contributed by atoms with Gasteiger partial charge >= 0.3 is 0 Å². The predicted octanol–water partition coefficient (Wildman–Crippen LogP) is 1.29. The molecule has 2 aliphatic heterocycles. The van der Waals surface area contributed by atoms with Gasteiger partial charge in [0.1, 0.15) is 9.84 Å². The normalized spacial score (nSPS) is 21.6. The largest absolute Gasteiger partial charge is 0.378 e. The molecule has 8 nitrogen and oxygen atoms in total. The van der Waals surface area contributed by atoms with Crippen LogP contribution < -0.4 is 5.32 Å². The Balaban J connectivity index is 0.00000392. The number of hydrogen-bond acceptors (Lipinski definition) is 6. The fourth-order valence-electron chi connectivity index (χ4n) is 3.21. The number of likely N-dealkylation sites (tertiary alicyclic amines) is 1. The van der Waals surface area contributed by atoms with Crippen molar-refractivity contribution >= 4 is 39.8 Å². The molecule has 0 amide bonds. The predicted molar refractivity (Wildman–Crippen MR) is 121 cm³/mol. The number of sulfone groups is 1. The van der Waals surface area contributed by atoms with Gasteiger partial charge in [-0.1, -0.05) is 0 Å². The molecule has 0 bridgehead atoms. The van der Waals surface area contributed by atoms with E-state index >= 15 is 0 Å². The van der Waals surface area contributed by atoms with Crippen LogP contribution in [-0.4, -0.2) is 96.1 Å². The fourth-order valence-corrected chi connectivity index (χ4v) is 3.63. The van der Waals surface area contributed by atoms with Gasteiger partial charge in [-0.15, -0.1) is 24.0 Å². The summed E-state index contributed by atoms with van der Waals surface area (Å²) < 4.78 is 39.1. The summed E-state index contributed by atoms with van der Waals surface area (Å²) >= 11 is 0. The molecule has 2 saturated heterocycles. The van der Waals surface area contributed by atoms with Gasteiger partial charge in [-0.05, 0) is 32.6 Å². The van der Waals surface area contributed by atoms with Crippen LogP contribution in [0.25, 0.3) is 0 Å². The minimum atomic E-state index is -2.97. The number of ether oxygens (including phenoxy) is 3. The second kappa shape index (κ2) is 13.9. The third-order valence-corrected chi connectivity index (χ3v) is 5.62. The first kappa shape index (κ1) is 25.9. The van der Waals surface area contributed by atoms with E-state index in [1.165, 1.54) is 6.26 Å². The van der Waals surface area contributed by atoms with Gasteiger partial charge in [-0.3, -0.25) is 4.99 Å². The van der Waals surface area contributed by atoms with Gasteiger partial charge in [-0.25, -0.2) is 8.42 Å². The van der Waals surface area contributed by atoms with Crippen molar-refractivity contribution in [2.75, 3.05) is 64.6 Å². The summed E-state index contributed by atoms with van der Waals surface area (Å²) in [7, 11) is -2.97. The Morgan fingerprint density at radius 2 is 2.00 bits per heavy atom. The lowest BCUT2D eigenvalue weighted by molar-refractivity contribution is -0.0367. The highest BCUT2D eigenvalue weighted by Gasteiger charge is 2.24. The van der Waals surface area contributed by atoms with Crippen molar-refractivity contribution in [3.63, 3.8) is 0 Å². The molecule has 0 aromatic carbocycles. The molecule has 10 heteroatoms. The highest BCUT2D eigenvalue weighted by molar-refractivity contribution is 14.0. The van der Waals surface area contributed by atoms with E-state index in [-0.39, 0.29) is 42.4 Å². The van der Waals surface area contributed by atoms with Crippen LogP contribution in [0.15, 0.2) is 4.99 Å². The Hall–Kier alpha value is -0.170. The molecule has 0 aromatic rings. The van der Waals surface area contributed by atoms with E-state index in [9.17, 15) is 8.42 Å². The zero-order chi connectivity index (χ0) is 19.5. The smallest absolute Gasteiger partial charge is 0.193 e. The van der Waals surface area contributed by atoms with Crippen molar-refractivity contribution in [2.45, 2.75) is 44.8 Å². The molecule has 0 aromatic heterocycles. The summed E-state index contributed by atoms with van der Waals surface area (Å²) in [4.78, 5) is 6.86. The van der Waals surface area contributed by atoms with Crippen LogP contribution in [0.2, 0.25) is 0 Å². The molecule has 2 rings (SSSR count). The summed E-state index contributed by atoms with van der Waals surface area (Å²) in [5.41, 5.74) is 0. The van der Waals surface area contributed by atoms with Crippen molar-refractivity contribution in [3.8, 4) is 0 Å². The van der Waals surface area contributed by atoms with Gasteiger partial charge in [0.2, 0.25) is 0 Å². The quantitative estimate of drug-likeness (QED) is 0.196. The van der Waals surface area contributed by atoms with Crippen LogP contribution in [0.3, 0.4) is 0 Å². The van der Waals surface area contributed by atoms with E-state index < -0.39 is 9.84 Å². The third kappa shape index (κ3) is 10.6. The molecule has 0 radical (unpaired) electrons. The zero-order valence-electron chi connectivity index (χ0n) is 17.1. The first-order valence-electron chi connectivity index (χ1n) is 10.00. The van der Waals surface area contributed by atoms with E-state index in [2.05, 4.69) is 22.1 Å². The third-order valence-electron chi connectivity index (χ3n) is 4.71. The molecule has 1 N–H and O–H groups in total. The van der Waals surface area contributed by atoms with Crippen molar-refractivity contribution < 1.29 is 22.6 Å². The lowest BCUT2D eigenvalue weighted by atomic mass is 10.1. The van der Waals surface area contributed by atoms with E-state index in [0.717, 1.165) is 57.9 Å². The number of nitrogens with zero attached hydrogens (tertiary/aromatic N) is 2. The van der Waals surface area contributed by atoms with E-state index in [1.54, 1.807) is 0 Å². The Morgan fingerprint density at radius 3 is 2.61 bits per heavy atom. The van der Waals surface area contributed by atoms with E-state index in [4.69, 9.17) is 14.2 Å². The molecular formula is C18H36IN3O5S. The Kier molecular flexibility index (Phi) is 12.9. The second-order valence-electron chi connectivity index (χ2n) is 7.13. The van der Waals surface area contributed by atoms with Crippen molar-refractivity contribution in [1.82, 2.24) is 10.2 Å². The first-order valence-corrected chi connectivity index (χ1v) is 12.1.